The minimum absolute atomic E-state index is 0.259. The number of aryl methyl sites for hydroxylation is 1. The summed E-state index contributed by atoms with van der Waals surface area (Å²) in [7, 11) is 0. The van der Waals surface area contributed by atoms with Crippen LogP contribution in [-0.2, 0) is 13.1 Å². The summed E-state index contributed by atoms with van der Waals surface area (Å²) in [6.45, 7) is 11.9. The molecular weight excluding hydrogens is 300 g/mol. The van der Waals surface area contributed by atoms with Crippen molar-refractivity contribution in [3.05, 3.63) is 30.1 Å². The van der Waals surface area contributed by atoms with Crippen molar-refractivity contribution in [3.63, 3.8) is 0 Å². The third-order valence-electron chi connectivity index (χ3n) is 5.15. The first-order chi connectivity index (χ1) is 11.6. The van der Waals surface area contributed by atoms with E-state index in [1.807, 2.05) is 0 Å². The number of aliphatic hydroxyl groups excluding tert-OH is 1. The van der Waals surface area contributed by atoms with E-state index < -0.39 is 0 Å². The fourth-order valence-corrected chi connectivity index (χ4v) is 3.96. The van der Waals surface area contributed by atoms with Crippen LogP contribution >= 0.6 is 0 Å². The van der Waals surface area contributed by atoms with Crippen LogP contribution in [0, 0.1) is 0 Å². The van der Waals surface area contributed by atoms with Gasteiger partial charge in [0.1, 0.15) is 5.82 Å². The van der Waals surface area contributed by atoms with E-state index in [0.29, 0.717) is 12.1 Å². The average molecular weight is 330 g/mol. The Kier molecular flexibility index (Phi) is 5.54. The summed E-state index contributed by atoms with van der Waals surface area (Å²) in [4.78, 5) is 9.88. The summed E-state index contributed by atoms with van der Waals surface area (Å²) in [6.07, 6.45) is 0.846. The zero-order valence-electron chi connectivity index (χ0n) is 15.1. The quantitative estimate of drug-likeness (QED) is 0.883. The fourth-order valence-electron chi connectivity index (χ4n) is 3.96. The topological polar surface area (TPSA) is 44.5 Å². The van der Waals surface area contributed by atoms with Gasteiger partial charge in [0, 0.05) is 44.9 Å². The predicted octanol–water partition coefficient (Wildman–Crippen LogP) is 2.33. The second-order valence-electron chi connectivity index (χ2n) is 6.99. The van der Waals surface area contributed by atoms with Gasteiger partial charge in [-0.15, -0.1) is 0 Å². The lowest BCUT2D eigenvalue weighted by Gasteiger charge is -2.43. The molecular formula is C19H30N4O. The van der Waals surface area contributed by atoms with Crippen LogP contribution in [0.15, 0.2) is 24.3 Å². The number of imidazole rings is 1. The largest absolute Gasteiger partial charge is 0.396 e. The molecule has 0 amide bonds. The van der Waals surface area contributed by atoms with Gasteiger partial charge in [-0.05, 0) is 39.3 Å². The molecule has 1 unspecified atom stereocenters. The summed E-state index contributed by atoms with van der Waals surface area (Å²) in [5.74, 6) is 1.15. The minimum atomic E-state index is 0.259. The fraction of sp³-hybridized carbons (Fsp3) is 0.632. The monoisotopic (exact) mass is 330 g/mol. The lowest BCUT2D eigenvalue weighted by atomic mass is 10.1. The Morgan fingerprint density at radius 3 is 2.75 bits per heavy atom. The zero-order valence-corrected chi connectivity index (χ0v) is 15.1. The van der Waals surface area contributed by atoms with Gasteiger partial charge in [-0.3, -0.25) is 9.80 Å². The smallest absolute Gasteiger partial charge is 0.124 e. The van der Waals surface area contributed by atoms with Crippen LogP contribution in [0.25, 0.3) is 11.0 Å². The Labute approximate surface area is 144 Å². The maximum absolute atomic E-state index is 9.41. The normalized spacial score (nSPS) is 20.3. The van der Waals surface area contributed by atoms with Crippen molar-refractivity contribution in [2.24, 2.45) is 0 Å². The van der Waals surface area contributed by atoms with E-state index >= 15 is 0 Å². The van der Waals surface area contributed by atoms with E-state index in [4.69, 9.17) is 4.98 Å². The van der Waals surface area contributed by atoms with E-state index in [9.17, 15) is 5.11 Å². The van der Waals surface area contributed by atoms with E-state index in [0.717, 1.165) is 50.5 Å². The van der Waals surface area contributed by atoms with Gasteiger partial charge < -0.3 is 9.67 Å². The molecule has 1 aliphatic heterocycles. The Hall–Kier alpha value is -1.43. The first kappa shape index (κ1) is 17.4. The number of benzene rings is 1. The standard InChI is InChI=1S/C19H30N4O/c1-4-22-18-8-6-5-7-17(18)20-19(22)14-21-10-11-23(15(2)3)16(13-21)9-12-24/h5-8,15-16,24H,4,9-14H2,1-3H3. The molecule has 1 aromatic heterocycles. The van der Waals surface area contributed by atoms with Crippen LogP contribution in [0.3, 0.4) is 0 Å². The number of nitrogens with zero attached hydrogens (tertiary/aromatic N) is 4. The number of hydrogen-bond acceptors (Lipinski definition) is 4. The van der Waals surface area contributed by atoms with Gasteiger partial charge >= 0.3 is 0 Å². The van der Waals surface area contributed by atoms with Gasteiger partial charge in [-0.1, -0.05) is 12.1 Å². The van der Waals surface area contributed by atoms with E-state index in [1.165, 1.54) is 5.52 Å². The van der Waals surface area contributed by atoms with Crippen molar-refractivity contribution < 1.29 is 5.11 Å². The van der Waals surface area contributed by atoms with Gasteiger partial charge in [0.05, 0.1) is 17.6 Å². The van der Waals surface area contributed by atoms with E-state index in [2.05, 4.69) is 59.4 Å². The number of rotatable bonds is 6. The highest BCUT2D eigenvalue weighted by molar-refractivity contribution is 5.75. The van der Waals surface area contributed by atoms with Crippen LogP contribution in [0.4, 0.5) is 0 Å². The van der Waals surface area contributed by atoms with Gasteiger partial charge in [0.25, 0.3) is 0 Å². The van der Waals surface area contributed by atoms with Crippen molar-refractivity contribution >= 4 is 11.0 Å². The van der Waals surface area contributed by atoms with Crippen LogP contribution in [0.2, 0.25) is 0 Å². The van der Waals surface area contributed by atoms with Gasteiger partial charge in [-0.25, -0.2) is 4.98 Å². The minimum Gasteiger partial charge on any atom is -0.396 e. The van der Waals surface area contributed by atoms with Crippen molar-refractivity contribution in [2.45, 2.75) is 52.4 Å². The highest BCUT2D eigenvalue weighted by Crippen LogP contribution is 2.20. The molecule has 24 heavy (non-hydrogen) atoms. The molecule has 1 fully saturated rings. The van der Waals surface area contributed by atoms with Crippen molar-refractivity contribution in [2.75, 3.05) is 26.2 Å². The molecule has 1 saturated heterocycles. The SMILES string of the molecule is CCn1c(CN2CCN(C(C)C)C(CCO)C2)nc2ccccc21. The number of aromatic nitrogens is 2. The highest BCUT2D eigenvalue weighted by Gasteiger charge is 2.28. The van der Waals surface area contributed by atoms with Crippen LogP contribution < -0.4 is 0 Å². The maximum Gasteiger partial charge on any atom is 0.124 e. The van der Waals surface area contributed by atoms with Gasteiger partial charge in [0.15, 0.2) is 0 Å². The van der Waals surface area contributed by atoms with E-state index in [-0.39, 0.29) is 6.61 Å². The zero-order chi connectivity index (χ0) is 17.1. The number of aliphatic hydroxyl groups is 1. The highest BCUT2D eigenvalue weighted by atomic mass is 16.3. The number of para-hydroxylation sites is 2. The molecule has 3 rings (SSSR count). The number of hydrogen-bond donors (Lipinski definition) is 1. The summed E-state index contributed by atoms with van der Waals surface area (Å²) >= 11 is 0. The third kappa shape index (κ3) is 3.48. The molecule has 1 atom stereocenters. The Morgan fingerprint density at radius 2 is 2.04 bits per heavy atom. The first-order valence-electron chi connectivity index (χ1n) is 9.17. The summed E-state index contributed by atoms with van der Waals surface area (Å²) in [6, 6.07) is 9.35. The van der Waals surface area contributed by atoms with Crippen LogP contribution in [-0.4, -0.2) is 62.8 Å². The molecule has 0 bridgehead atoms. The van der Waals surface area contributed by atoms with Crippen LogP contribution in [0.1, 0.15) is 33.0 Å². The van der Waals surface area contributed by atoms with Crippen LogP contribution in [0.5, 0.6) is 0 Å². The number of fused-ring (bicyclic) bond motifs is 1. The number of piperazine rings is 1. The van der Waals surface area contributed by atoms with Crippen molar-refractivity contribution in [1.29, 1.82) is 0 Å². The van der Waals surface area contributed by atoms with Gasteiger partial charge in [-0.2, -0.15) is 0 Å². The first-order valence-corrected chi connectivity index (χ1v) is 9.17. The molecule has 132 valence electrons. The predicted molar refractivity (Wildman–Crippen MR) is 98.0 cm³/mol. The summed E-state index contributed by atoms with van der Waals surface area (Å²) in [5, 5.41) is 9.41. The third-order valence-corrected chi connectivity index (χ3v) is 5.15. The molecule has 1 aliphatic rings. The second kappa shape index (κ2) is 7.64. The lowest BCUT2D eigenvalue weighted by molar-refractivity contribution is 0.0335. The van der Waals surface area contributed by atoms with Crippen molar-refractivity contribution in [3.8, 4) is 0 Å². The average Bonchev–Trinajstić information content (AvgIpc) is 2.92. The van der Waals surface area contributed by atoms with E-state index in [1.54, 1.807) is 0 Å². The van der Waals surface area contributed by atoms with Crippen molar-refractivity contribution in [1.82, 2.24) is 19.4 Å². The molecule has 0 spiro atoms. The molecule has 1 N–H and O–H groups in total. The lowest BCUT2D eigenvalue weighted by Crippen LogP contribution is -2.55. The molecule has 0 saturated carbocycles. The molecule has 2 aromatic rings. The molecule has 0 aliphatic carbocycles. The summed E-state index contributed by atoms with van der Waals surface area (Å²) < 4.78 is 2.32. The Bertz CT molecular complexity index is 666. The molecule has 1 aromatic carbocycles. The van der Waals surface area contributed by atoms with Gasteiger partial charge in [0.2, 0.25) is 0 Å². The maximum atomic E-state index is 9.41. The molecule has 0 radical (unpaired) electrons. The molecule has 5 nitrogen and oxygen atoms in total. The Balaban J connectivity index is 1.76. The second-order valence-corrected chi connectivity index (χ2v) is 6.99. The Morgan fingerprint density at radius 1 is 1.25 bits per heavy atom. The summed E-state index contributed by atoms with van der Waals surface area (Å²) in [5.41, 5.74) is 2.31. The molecule has 5 heteroatoms. The molecule has 2 heterocycles.